The second-order valence-corrected chi connectivity index (χ2v) is 4.77. The van der Waals surface area contributed by atoms with Crippen molar-refractivity contribution in [3.63, 3.8) is 0 Å². The van der Waals surface area contributed by atoms with Crippen LogP contribution in [0.5, 0.6) is 5.75 Å². The van der Waals surface area contributed by atoms with E-state index in [4.69, 9.17) is 10.5 Å². The molecule has 0 bridgehead atoms. The van der Waals surface area contributed by atoms with Gasteiger partial charge in [-0.1, -0.05) is 12.1 Å². The minimum Gasteiger partial charge on any atom is -0.488 e. The minimum atomic E-state index is -0.437. The van der Waals surface area contributed by atoms with Gasteiger partial charge < -0.3 is 10.5 Å². The molecule has 2 aromatic rings. The molecule has 3 N–H and O–H groups in total. The molecule has 2 rings (SSSR count). The van der Waals surface area contributed by atoms with Crippen LogP contribution in [0.4, 0.5) is 8.78 Å². The van der Waals surface area contributed by atoms with E-state index >= 15 is 0 Å². The number of hydrogen-bond donors (Lipinski definition) is 2. The van der Waals surface area contributed by atoms with E-state index in [0.717, 1.165) is 5.56 Å². The number of nitrogens with one attached hydrogen (secondary N) is 1. The van der Waals surface area contributed by atoms with Crippen molar-refractivity contribution in [3.05, 3.63) is 65.2 Å². The van der Waals surface area contributed by atoms with Gasteiger partial charge in [0, 0.05) is 11.6 Å². The van der Waals surface area contributed by atoms with Crippen LogP contribution in [0.15, 0.2) is 47.6 Å². The molecule has 0 unspecified atom stereocenters. The van der Waals surface area contributed by atoms with Crippen LogP contribution < -0.4 is 15.9 Å². The molecule has 114 valence electrons. The van der Waals surface area contributed by atoms with Gasteiger partial charge in [-0.05, 0) is 42.0 Å². The predicted molar refractivity (Wildman–Crippen MR) is 84.6 cm³/mol. The summed E-state index contributed by atoms with van der Waals surface area (Å²) >= 11 is 4.62. The largest absolute Gasteiger partial charge is 0.488 e. The first kappa shape index (κ1) is 15.8. The lowest BCUT2D eigenvalue weighted by atomic mass is 10.2. The summed E-state index contributed by atoms with van der Waals surface area (Å²) in [5, 5.41) is 3.83. The van der Waals surface area contributed by atoms with E-state index in [1.807, 2.05) is 0 Å². The van der Waals surface area contributed by atoms with Gasteiger partial charge in [-0.2, -0.15) is 5.10 Å². The summed E-state index contributed by atoms with van der Waals surface area (Å²) in [5.41, 5.74) is 8.96. The minimum absolute atomic E-state index is 0.0205. The molecule has 0 amide bonds. The number of nitrogens with two attached hydrogens (primary N) is 1. The third-order valence-corrected chi connectivity index (χ3v) is 2.75. The molecule has 0 atom stereocenters. The number of halogens is 2. The number of nitrogens with zero attached hydrogens (tertiary/aromatic N) is 1. The number of hydrazone groups is 1. The van der Waals surface area contributed by atoms with Gasteiger partial charge in [0.25, 0.3) is 0 Å². The zero-order valence-corrected chi connectivity index (χ0v) is 12.2. The first-order chi connectivity index (χ1) is 10.5. The van der Waals surface area contributed by atoms with E-state index in [-0.39, 0.29) is 17.5 Å². The van der Waals surface area contributed by atoms with Crippen molar-refractivity contribution in [3.8, 4) is 5.75 Å². The second-order valence-electron chi connectivity index (χ2n) is 4.33. The number of rotatable bonds is 5. The summed E-state index contributed by atoms with van der Waals surface area (Å²) in [6.45, 7) is 0.174. The molecule has 0 aromatic heterocycles. The van der Waals surface area contributed by atoms with Crippen LogP contribution in [-0.4, -0.2) is 11.3 Å². The SMILES string of the molecule is NC(=S)NN=Cc1ccc(F)cc1OCc1ccc(F)cc1. The van der Waals surface area contributed by atoms with Crippen molar-refractivity contribution in [1.82, 2.24) is 5.43 Å². The molecule has 0 aliphatic heterocycles. The van der Waals surface area contributed by atoms with Crippen LogP contribution in [0.25, 0.3) is 0 Å². The Kier molecular flexibility index (Phi) is 5.37. The average Bonchev–Trinajstić information content (AvgIpc) is 2.48. The fourth-order valence-electron chi connectivity index (χ4n) is 1.65. The molecule has 4 nitrogen and oxygen atoms in total. The number of benzene rings is 2. The van der Waals surface area contributed by atoms with Crippen molar-refractivity contribution in [1.29, 1.82) is 0 Å². The lowest BCUT2D eigenvalue weighted by molar-refractivity contribution is 0.304. The van der Waals surface area contributed by atoms with Crippen molar-refractivity contribution in [2.24, 2.45) is 10.8 Å². The molecular formula is C15H13F2N3OS. The Morgan fingerprint density at radius 3 is 2.55 bits per heavy atom. The molecule has 0 heterocycles. The first-order valence-electron chi connectivity index (χ1n) is 6.30. The van der Waals surface area contributed by atoms with Gasteiger partial charge in [-0.3, -0.25) is 5.43 Å². The first-order valence-corrected chi connectivity index (χ1v) is 6.71. The normalized spacial score (nSPS) is 10.6. The summed E-state index contributed by atoms with van der Waals surface area (Å²) in [4.78, 5) is 0. The molecular weight excluding hydrogens is 308 g/mol. The van der Waals surface area contributed by atoms with Crippen LogP contribution in [0, 0.1) is 11.6 Å². The summed E-state index contributed by atoms with van der Waals surface area (Å²) in [7, 11) is 0. The highest BCUT2D eigenvalue weighted by atomic mass is 32.1. The maximum Gasteiger partial charge on any atom is 0.184 e. The van der Waals surface area contributed by atoms with E-state index in [1.165, 1.54) is 36.5 Å². The van der Waals surface area contributed by atoms with Gasteiger partial charge in [-0.25, -0.2) is 8.78 Å². The molecule has 0 saturated carbocycles. The second kappa shape index (κ2) is 7.46. The average molecular weight is 321 g/mol. The van der Waals surface area contributed by atoms with Gasteiger partial charge >= 0.3 is 0 Å². The Labute approximate surface area is 131 Å². The fourth-order valence-corrected chi connectivity index (χ4v) is 1.70. The summed E-state index contributed by atoms with van der Waals surface area (Å²) in [6.07, 6.45) is 1.42. The van der Waals surface area contributed by atoms with Crippen molar-refractivity contribution in [2.75, 3.05) is 0 Å². The predicted octanol–water partition coefficient (Wildman–Crippen LogP) is 2.71. The van der Waals surface area contributed by atoms with Crippen LogP contribution in [0.2, 0.25) is 0 Å². The highest BCUT2D eigenvalue weighted by Gasteiger charge is 2.05. The zero-order chi connectivity index (χ0) is 15.9. The van der Waals surface area contributed by atoms with Gasteiger partial charge in [0.1, 0.15) is 24.0 Å². The maximum absolute atomic E-state index is 13.3. The standard InChI is InChI=1S/C15H13F2N3OS/c16-12-4-1-10(2-5-12)9-21-14-7-13(17)6-3-11(14)8-19-20-15(18)22/h1-8H,9H2,(H3,18,20,22). The van der Waals surface area contributed by atoms with Gasteiger partial charge in [0.15, 0.2) is 5.11 Å². The van der Waals surface area contributed by atoms with E-state index < -0.39 is 5.82 Å². The summed E-state index contributed by atoms with van der Waals surface area (Å²) in [6, 6.07) is 9.89. The Bertz CT molecular complexity index is 690. The Morgan fingerprint density at radius 1 is 1.18 bits per heavy atom. The fraction of sp³-hybridized carbons (Fsp3) is 0.0667. The molecule has 7 heteroatoms. The molecule has 0 aliphatic carbocycles. The zero-order valence-electron chi connectivity index (χ0n) is 11.4. The summed E-state index contributed by atoms with van der Waals surface area (Å²) < 4.78 is 31.7. The monoisotopic (exact) mass is 321 g/mol. The highest BCUT2D eigenvalue weighted by Crippen LogP contribution is 2.20. The molecule has 0 fully saturated rings. The van der Waals surface area contributed by atoms with Crippen molar-refractivity contribution >= 4 is 23.5 Å². The summed E-state index contributed by atoms with van der Waals surface area (Å²) in [5.74, 6) is -0.461. The Balaban J connectivity index is 2.11. The quantitative estimate of drug-likeness (QED) is 0.505. The number of ether oxygens (including phenoxy) is 1. The van der Waals surface area contributed by atoms with Crippen molar-refractivity contribution < 1.29 is 13.5 Å². The van der Waals surface area contributed by atoms with Gasteiger partial charge in [-0.15, -0.1) is 0 Å². The van der Waals surface area contributed by atoms with Crippen LogP contribution in [-0.2, 0) is 6.61 Å². The third kappa shape index (κ3) is 4.78. The maximum atomic E-state index is 13.3. The van der Waals surface area contributed by atoms with Crippen LogP contribution in [0.1, 0.15) is 11.1 Å². The van der Waals surface area contributed by atoms with Crippen molar-refractivity contribution in [2.45, 2.75) is 6.61 Å². The van der Waals surface area contributed by atoms with Gasteiger partial charge in [0.05, 0.1) is 6.21 Å². The van der Waals surface area contributed by atoms with E-state index in [9.17, 15) is 8.78 Å². The highest BCUT2D eigenvalue weighted by molar-refractivity contribution is 7.80. The topological polar surface area (TPSA) is 59.6 Å². The number of hydrogen-bond acceptors (Lipinski definition) is 3. The number of thiocarbonyl (C=S) groups is 1. The molecule has 0 saturated heterocycles. The van der Waals surface area contributed by atoms with Gasteiger partial charge in [0.2, 0.25) is 0 Å². The third-order valence-electron chi connectivity index (χ3n) is 2.66. The van der Waals surface area contributed by atoms with E-state index in [1.54, 1.807) is 12.1 Å². The molecule has 0 spiro atoms. The molecule has 0 aliphatic rings. The van der Waals surface area contributed by atoms with Crippen LogP contribution in [0.3, 0.4) is 0 Å². The molecule has 2 aromatic carbocycles. The lowest BCUT2D eigenvalue weighted by Gasteiger charge is -2.09. The molecule has 22 heavy (non-hydrogen) atoms. The Hall–Kier alpha value is -2.54. The Morgan fingerprint density at radius 2 is 1.86 bits per heavy atom. The van der Waals surface area contributed by atoms with Crippen LogP contribution >= 0.6 is 12.2 Å². The molecule has 0 radical (unpaired) electrons. The van der Waals surface area contributed by atoms with E-state index in [0.29, 0.717) is 11.3 Å². The lowest BCUT2D eigenvalue weighted by Crippen LogP contribution is -2.24. The van der Waals surface area contributed by atoms with E-state index in [2.05, 4.69) is 22.7 Å². The smallest absolute Gasteiger partial charge is 0.184 e.